The molecule has 0 saturated heterocycles. The Balaban J connectivity index is 1.83. The summed E-state index contributed by atoms with van der Waals surface area (Å²) in [6.07, 6.45) is 4.55. The standard InChI is InChI=1S/C11H19NO2/c1-2-12-7-3-5-8-9(6-4-7)10(8)11(13)14/h7-10,12H,2-6H2,1H3,(H,13,14)/t7?,8-,9+,10?. The van der Waals surface area contributed by atoms with E-state index in [9.17, 15) is 4.79 Å². The van der Waals surface area contributed by atoms with Crippen molar-refractivity contribution in [1.29, 1.82) is 0 Å². The predicted molar refractivity (Wildman–Crippen MR) is 54.0 cm³/mol. The number of nitrogens with one attached hydrogen (secondary N) is 1. The van der Waals surface area contributed by atoms with E-state index in [1.165, 1.54) is 12.8 Å². The van der Waals surface area contributed by atoms with Gasteiger partial charge in [0.25, 0.3) is 0 Å². The summed E-state index contributed by atoms with van der Waals surface area (Å²) in [6.45, 7) is 3.16. The van der Waals surface area contributed by atoms with Gasteiger partial charge >= 0.3 is 5.97 Å². The molecule has 0 bridgehead atoms. The summed E-state index contributed by atoms with van der Waals surface area (Å²) in [6, 6.07) is 0.641. The third kappa shape index (κ3) is 1.78. The van der Waals surface area contributed by atoms with E-state index in [1.54, 1.807) is 0 Å². The molecule has 3 heteroatoms. The van der Waals surface area contributed by atoms with Gasteiger partial charge in [-0.1, -0.05) is 6.92 Å². The molecular formula is C11H19NO2. The average Bonchev–Trinajstić information content (AvgIpc) is 2.83. The second-order valence-corrected chi connectivity index (χ2v) is 4.60. The molecule has 0 radical (unpaired) electrons. The molecule has 2 N–H and O–H groups in total. The SMILES string of the molecule is CCNC1CC[C@@H]2C(C(=O)O)[C@@H]2CC1. The number of carboxylic acids is 1. The quantitative estimate of drug-likeness (QED) is 0.720. The monoisotopic (exact) mass is 197 g/mol. The van der Waals surface area contributed by atoms with Gasteiger partial charge in [-0.3, -0.25) is 4.79 Å². The largest absolute Gasteiger partial charge is 0.481 e. The van der Waals surface area contributed by atoms with Gasteiger partial charge in [-0.25, -0.2) is 0 Å². The number of hydrogen-bond acceptors (Lipinski definition) is 2. The molecule has 0 spiro atoms. The minimum atomic E-state index is -0.568. The van der Waals surface area contributed by atoms with Crippen molar-refractivity contribution in [3.63, 3.8) is 0 Å². The molecule has 14 heavy (non-hydrogen) atoms. The molecule has 80 valence electrons. The number of aliphatic carboxylic acids is 1. The second kappa shape index (κ2) is 3.89. The Hall–Kier alpha value is -0.570. The van der Waals surface area contributed by atoms with Crippen molar-refractivity contribution in [2.24, 2.45) is 17.8 Å². The van der Waals surface area contributed by atoms with E-state index >= 15 is 0 Å². The van der Waals surface area contributed by atoms with E-state index in [2.05, 4.69) is 12.2 Å². The van der Waals surface area contributed by atoms with Gasteiger partial charge in [0.2, 0.25) is 0 Å². The molecule has 0 aromatic heterocycles. The Morgan fingerprint density at radius 3 is 2.29 bits per heavy atom. The lowest BCUT2D eigenvalue weighted by Gasteiger charge is -2.15. The molecule has 2 rings (SSSR count). The summed E-state index contributed by atoms with van der Waals surface area (Å²) in [5.41, 5.74) is 0. The van der Waals surface area contributed by atoms with Crippen molar-refractivity contribution in [2.75, 3.05) is 6.54 Å². The molecule has 0 heterocycles. The van der Waals surface area contributed by atoms with Gasteiger partial charge in [0, 0.05) is 6.04 Å². The lowest BCUT2D eigenvalue weighted by molar-refractivity contribution is -0.139. The molecule has 0 aromatic rings. The minimum Gasteiger partial charge on any atom is -0.481 e. The summed E-state index contributed by atoms with van der Waals surface area (Å²) in [7, 11) is 0. The van der Waals surface area contributed by atoms with Gasteiger partial charge in [0.05, 0.1) is 5.92 Å². The van der Waals surface area contributed by atoms with Gasteiger partial charge in [-0.2, -0.15) is 0 Å². The van der Waals surface area contributed by atoms with Crippen LogP contribution in [0.4, 0.5) is 0 Å². The zero-order valence-corrected chi connectivity index (χ0v) is 8.70. The van der Waals surface area contributed by atoms with Crippen molar-refractivity contribution >= 4 is 5.97 Å². The molecule has 0 aromatic carbocycles. The first-order valence-electron chi connectivity index (χ1n) is 5.70. The maximum absolute atomic E-state index is 10.8. The topological polar surface area (TPSA) is 49.3 Å². The normalized spacial score (nSPS) is 41.2. The highest BCUT2D eigenvalue weighted by molar-refractivity contribution is 5.74. The van der Waals surface area contributed by atoms with Gasteiger partial charge in [-0.15, -0.1) is 0 Å². The average molecular weight is 197 g/mol. The number of hydrogen-bond donors (Lipinski definition) is 2. The molecular weight excluding hydrogens is 178 g/mol. The van der Waals surface area contributed by atoms with Crippen molar-refractivity contribution in [1.82, 2.24) is 5.32 Å². The second-order valence-electron chi connectivity index (χ2n) is 4.60. The number of carboxylic acid groups (broad SMARTS) is 1. The lowest BCUT2D eigenvalue weighted by Crippen LogP contribution is -2.28. The highest BCUT2D eigenvalue weighted by atomic mass is 16.4. The molecule has 0 amide bonds. The molecule has 2 saturated carbocycles. The Labute approximate surface area is 84.9 Å². The predicted octanol–water partition coefficient (Wildman–Crippen LogP) is 1.49. The van der Waals surface area contributed by atoms with Crippen LogP contribution in [0, 0.1) is 17.8 Å². The number of carbonyl (C=O) groups is 1. The van der Waals surface area contributed by atoms with Crippen LogP contribution < -0.4 is 5.32 Å². The van der Waals surface area contributed by atoms with Crippen molar-refractivity contribution in [3.05, 3.63) is 0 Å². The van der Waals surface area contributed by atoms with E-state index < -0.39 is 5.97 Å². The zero-order chi connectivity index (χ0) is 10.1. The fourth-order valence-corrected chi connectivity index (χ4v) is 3.02. The van der Waals surface area contributed by atoms with Crippen LogP contribution in [-0.2, 0) is 4.79 Å². The van der Waals surface area contributed by atoms with Crippen LogP contribution in [0.1, 0.15) is 32.6 Å². The van der Waals surface area contributed by atoms with Crippen LogP contribution in [0.3, 0.4) is 0 Å². The molecule has 0 aliphatic heterocycles. The van der Waals surface area contributed by atoms with Crippen LogP contribution in [0.5, 0.6) is 0 Å². The Bertz CT molecular complexity index is 215. The maximum atomic E-state index is 10.8. The number of rotatable bonds is 3. The lowest BCUT2D eigenvalue weighted by atomic mass is 10.0. The fraction of sp³-hybridized carbons (Fsp3) is 0.909. The molecule has 2 aliphatic carbocycles. The third-order valence-corrected chi connectivity index (χ3v) is 3.81. The molecule has 2 aliphatic rings. The first-order valence-corrected chi connectivity index (χ1v) is 5.70. The summed E-state index contributed by atoms with van der Waals surface area (Å²) in [5, 5.41) is 12.4. The van der Waals surface area contributed by atoms with E-state index in [0.717, 1.165) is 19.4 Å². The zero-order valence-electron chi connectivity index (χ0n) is 8.70. The highest BCUT2D eigenvalue weighted by Gasteiger charge is 2.54. The van der Waals surface area contributed by atoms with E-state index in [1.807, 2.05) is 0 Å². The molecule has 4 atom stereocenters. The molecule has 3 nitrogen and oxygen atoms in total. The highest BCUT2D eigenvalue weighted by Crippen LogP contribution is 2.54. The Morgan fingerprint density at radius 2 is 1.86 bits per heavy atom. The van der Waals surface area contributed by atoms with E-state index in [4.69, 9.17) is 5.11 Å². The summed E-state index contributed by atoms with van der Waals surface area (Å²) in [5.74, 6) is 0.423. The smallest absolute Gasteiger partial charge is 0.307 e. The summed E-state index contributed by atoms with van der Waals surface area (Å²) >= 11 is 0. The van der Waals surface area contributed by atoms with Gasteiger partial charge < -0.3 is 10.4 Å². The summed E-state index contributed by atoms with van der Waals surface area (Å²) < 4.78 is 0. The van der Waals surface area contributed by atoms with Gasteiger partial charge in [0.1, 0.15) is 0 Å². The first kappa shape index (κ1) is 9.97. The number of fused-ring (bicyclic) bond motifs is 1. The third-order valence-electron chi connectivity index (χ3n) is 3.81. The first-order chi connectivity index (χ1) is 6.74. The van der Waals surface area contributed by atoms with Crippen LogP contribution in [0.2, 0.25) is 0 Å². The van der Waals surface area contributed by atoms with Crippen molar-refractivity contribution < 1.29 is 9.90 Å². The maximum Gasteiger partial charge on any atom is 0.307 e. The van der Waals surface area contributed by atoms with Crippen LogP contribution >= 0.6 is 0 Å². The Kier molecular flexibility index (Phi) is 2.77. The Morgan fingerprint density at radius 1 is 1.29 bits per heavy atom. The van der Waals surface area contributed by atoms with Gasteiger partial charge in [-0.05, 0) is 44.1 Å². The molecule has 2 unspecified atom stereocenters. The van der Waals surface area contributed by atoms with Crippen LogP contribution in [-0.4, -0.2) is 23.7 Å². The van der Waals surface area contributed by atoms with Gasteiger partial charge in [0.15, 0.2) is 0 Å². The van der Waals surface area contributed by atoms with E-state index in [0.29, 0.717) is 17.9 Å². The van der Waals surface area contributed by atoms with Crippen LogP contribution in [0.25, 0.3) is 0 Å². The van der Waals surface area contributed by atoms with Crippen molar-refractivity contribution in [3.8, 4) is 0 Å². The van der Waals surface area contributed by atoms with E-state index in [-0.39, 0.29) is 5.92 Å². The molecule has 2 fully saturated rings. The minimum absolute atomic E-state index is 0.00224. The fourth-order valence-electron chi connectivity index (χ4n) is 3.02. The van der Waals surface area contributed by atoms with Crippen LogP contribution in [0.15, 0.2) is 0 Å². The summed E-state index contributed by atoms with van der Waals surface area (Å²) in [4.78, 5) is 10.8. The van der Waals surface area contributed by atoms with Crippen molar-refractivity contribution in [2.45, 2.75) is 38.6 Å².